The molecular weight excluding hydrogens is 222 g/mol. The van der Waals surface area contributed by atoms with E-state index in [1.807, 2.05) is 18.7 Å². The second-order valence-corrected chi connectivity index (χ2v) is 4.99. The molecule has 0 aliphatic carbocycles. The lowest BCUT2D eigenvalue weighted by Gasteiger charge is -2.21. The zero-order valence-corrected chi connectivity index (χ0v) is 11.4. The van der Waals surface area contributed by atoms with Gasteiger partial charge < -0.3 is 5.32 Å². The molecule has 16 heavy (non-hydrogen) atoms. The minimum absolute atomic E-state index is 0.479. The fraction of sp³-hybridized carbons (Fsp3) is 0.750. The molecule has 1 unspecified atom stereocenters. The van der Waals surface area contributed by atoms with E-state index in [1.165, 1.54) is 5.69 Å². The number of hydrogen-bond acceptors (Lipinski definition) is 2. The van der Waals surface area contributed by atoms with Gasteiger partial charge in [0.05, 0.1) is 11.4 Å². The number of nitrogens with zero attached hydrogens (tertiary/aromatic N) is 2. The molecule has 1 N–H and O–H groups in total. The normalized spacial score (nSPS) is 13.4. The van der Waals surface area contributed by atoms with Crippen molar-refractivity contribution in [3.63, 3.8) is 0 Å². The summed E-state index contributed by atoms with van der Waals surface area (Å²) in [4.78, 5) is 0. The van der Waals surface area contributed by atoms with Crippen molar-refractivity contribution in [1.82, 2.24) is 15.1 Å². The molecule has 1 aromatic rings. The van der Waals surface area contributed by atoms with E-state index in [-0.39, 0.29) is 0 Å². The van der Waals surface area contributed by atoms with Gasteiger partial charge in [-0.2, -0.15) is 5.10 Å². The molecule has 1 aromatic heterocycles. The highest BCUT2D eigenvalue weighted by atomic mass is 35.5. The molecule has 0 saturated heterocycles. The quantitative estimate of drug-likeness (QED) is 0.778. The van der Waals surface area contributed by atoms with Gasteiger partial charge in [0.25, 0.3) is 0 Å². The number of halogens is 1. The first-order valence-electron chi connectivity index (χ1n) is 5.83. The van der Waals surface area contributed by atoms with E-state index in [0.29, 0.717) is 17.8 Å². The molecule has 3 nitrogen and oxygen atoms in total. The van der Waals surface area contributed by atoms with Crippen molar-refractivity contribution in [3.8, 4) is 0 Å². The highest BCUT2D eigenvalue weighted by Gasteiger charge is 2.12. The standard InChI is InChI=1S/C12H22ClN3/c1-9(2)12(5-6-13)14-8-11-7-10(3)15-16(11)4/h7,9,12,14H,5-6,8H2,1-4H3. The van der Waals surface area contributed by atoms with Gasteiger partial charge in [-0.25, -0.2) is 0 Å². The first kappa shape index (κ1) is 13.5. The van der Waals surface area contributed by atoms with Crippen molar-refractivity contribution in [2.24, 2.45) is 13.0 Å². The van der Waals surface area contributed by atoms with Crippen LogP contribution in [0.25, 0.3) is 0 Å². The monoisotopic (exact) mass is 243 g/mol. The molecule has 0 aliphatic heterocycles. The lowest BCUT2D eigenvalue weighted by Crippen LogP contribution is -2.34. The first-order chi connectivity index (χ1) is 7.54. The van der Waals surface area contributed by atoms with E-state index in [1.54, 1.807) is 0 Å². The topological polar surface area (TPSA) is 29.9 Å². The second-order valence-electron chi connectivity index (χ2n) is 4.61. The summed E-state index contributed by atoms with van der Waals surface area (Å²) in [6, 6.07) is 2.60. The van der Waals surface area contributed by atoms with Gasteiger partial charge in [0.1, 0.15) is 0 Å². The Balaban J connectivity index is 2.51. The van der Waals surface area contributed by atoms with Crippen LogP contribution < -0.4 is 5.32 Å². The van der Waals surface area contributed by atoms with Gasteiger partial charge in [0.15, 0.2) is 0 Å². The SMILES string of the molecule is Cc1cc(CNC(CCCl)C(C)C)n(C)n1. The van der Waals surface area contributed by atoms with E-state index < -0.39 is 0 Å². The van der Waals surface area contributed by atoms with Crippen LogP contribution >= 0.6 is 11.6 Å². The van der Waals surface area contributed by atoms with Crippen LogP contribution in [0.2, 0.25) is 0 Å². The minimum atomic E-state index is 0.479. The Morgan fingerprint density at radius 2 is 2.19 bits per heavy atom. The predicted octanol–water partition coefficient (Wildman–Crippen LogP) is 2.47. The first-order valence-corrected chi connectivity index (χ1v) is 6.37. The van der Waals surface area contributed by atoms with Gasteiger partial charge >= 0.3 is 0 Å². The second kappa shape index (κ2) is 6.26. The van der Waals surface area contributed by atoms with Crippen molar-refractivity contribution in [3.05, 3.63) is 17.5 Å². The molecule has 0 fully saturated rings. The number of aryl methyl sites for hydroxylation is 2. The van der Waals surface area contributed by atoms with Crippen molar-refractivity contribution in [2.45, 2.75) is 39.8 Å². The van der Waals surface area contributed by atoms with Crippen LogP contribution in [0, 0.1) is 12.8 Å². The van der Waals surface area contributed by atoms with E-state index in [4.69, 9.17) is 11.6 Å². The Morgan fingerprint density at radius 1 is 1.50 bits per heavy atom. The van der Waals surface area contributed by atoms with Crippen LogP contribution in [0.4, 0.5) is 0 Å². The highest BCUT2D eigenvalue weighted by Crippen LogP contribution is 2.09. The Hall–Kier alpha value is -0.540. The van der Waals surface area contributed by atoms with Crippen LogP contribution in [0.5, 0.6) is 0 Å². The molecule has 1 heterocycles. The summed E-state index contributed by atoms with van der Waals surface area (Å²) in [6.07, 6.45) is 1.01. The van der Waals surface area contributed by atoms with Gasteiger partial charge in [0.2, 0.25) is 0 Å². The van der Waals surface area contributed by atoms with E-state index in [0.717, 1.165) is 18.7 Å². The van der Waals surface area contributed by atoms with Crippen LogP contribution in [0.3, 0.4) is 0 Å². The van der Waals surface area contributed by atoms with Gasteiger partial charge in [-0.3, -0.25) is 4.68 Å². The number of alkyl halides is 1. The maximum atomic E-state index is 5.80. The third-order valence-corrected chi connectivity index (χ3v) is 3.09. The fourth-order valence-corrected chi connectivity index (χ4v) is 2.09. The van der Waals surface area contributed by atoms with Crippen LogP contribution in [-0.2, 0) is 13.6 Å². The molecule has 0 aliphatic rings. The summed E-state index contributed by atoms with van der Waals surface area (Å²) in [5.74, 6) is 1.31. The zero-order chi connectivity index (χ0) is 12.1. The minimum Gasteiger partial charge on any atom is -0.308 e. The summed E-state index contributed by atoms with van der Waals surface area (Å²) < 4.78 is 1.93. The molecule has 92 valence electrons. The third-order valence-electron chi connectivity index (χ3n) is 2.87. The van der Waals surface area contributed by atoms with Crippen molar-refractivity contribution < 1.29 is 0 Å². The largest absolute Gasteiger partial charge is 0.308 e. The molecule has 1 atom stereocenters. The molecule has 0 radical (unpaired) electrons. The molecule has 0 bridgehead atoms. The maximum Gasteiger partial charge on any atom is 0.0597 e. The summed E-state index contributed by atoms with van der Waals surface area (Å²) in [6.45, 7) is 7.32. The lowest BCUT2D eigenvalue weighted by molar-refractivity contribution is 0.384. The fourth-order valence-electron chi connectivity index (χ4n) is 1.85. The Kier molecular flexibility index (Phi) is 5.29. The summed E-state index contributed by atoms with van der Waals surface area (Å²) in [5, 5.41) is 7.88. The van der Waals surface area contributed by atoms with Crippen molar-refractivity contribution in [2.75, 3.05) is 5.88 Å². The number of nitrogens with one attached hydrogen (secondary N) is 1. The molecule has 4 heteroatoms. The van der Waals surface area contributed by atoms with Gasteiger partial charge in [-0.15, -0.1) is 11.6 Å². The molecule has 0 saturated carbocycles. The van der Waals surface area contributed by atoms with Crippen LogP contribution in [-0.4, -0.2) is 21.7 Å². The molecule has 0 aromatic carbocycles. The number of rotatable bonds is 6. The summed E-state index contributed by atoms with van der Waals surface area (Å²) in [5.41, 5.74) is 2.29. The van der Waals surface area contributed by atoms with Crippen LogP contribution in [0.15, 0.2) is 6.07 Å². The average Bonchev–Trinajstić information content (AvgIpc) is 2.51. The summed E-state index contributed by atoms with van der Waals surface area (Å²) >= 11 is 5.80. The lowest BCUT2D eigenvalue weighted by atomic mass is 10.0. The molecular formula is C12H22ClN3. The van der Waals surface area contributed by atoms with Gasteiger partial charge in [0, 0.05) is 25.5 Å². The van der Waals surface area contributed by atoms with Gasteiger partial charge in [-0.1, -0.05) is 13.8 Å². The number of aromatic nitrogens is 2. The third kappa shape index (κ3) is 3.80. The van der Waals surface area contributed by atoms with Crippen LogP contribution in [0.1, 0.15) is 31.7 Å². The van der Waals surface area contributed by atoms with E-state index in [9.17, 15) is 0 Å². The van der Waals surface area contributed by atoms with E-state index in [2.05, 4.69) is 30.3 Å². The zero-order valence-electron chi connectivity index (χ0n) is 10.6. The van der Waals surface area contributed by atoms with Gasteiger partial charge in [-0.05, 0) is 25.3 Å². The summed E-state index contributed by atoms with van der Waals surface area (Å²) in [7, 11) is 1.98. The molecule has 0 spiro atoms. The average molecular weight is 244 g/mol. The number of hydrogen-bond donors (Lipinski definition) is 1. The predicted molar refractivity (Wildman–Crippen MR) is 68.7 cm³/mol. The van der Waals surface area contributed by atoms with Crippen molar-refractivity contribution in [1.29, 1.82) is 0 Å². The Labute approximate surface area is 103 Å². The van der Waals surface area contributed by atoms with Crippen molar-refractivity contribution >= 4 is 11.6 Å². The van der Waals surface area contributed by atoms with E-state index >= 15 is 0 Å². The Morgan fingerprint density at radius 3 is 2.62 bits per heavy atom. The highest BCUT2D eigenvalue weighted by molar-refractivity contribution is 6.17. The molecule has 1 rings (SSSR count). The smallest absolute Gasteiger partial charge is 0.0597 e. The maximum absolute atomic E-state index is 5.80. The Bertz CT molecular complexity index is 320. The molecule has 0 amide bonds.